The van der Waals surface area contributed by atoms with E-state index in [2.05, 4.69) is 68.5 Å². The van der Waals surface area contributed by atoms with Crippen molar-refractivity contribution in [3.63, 3.8) is 0 Å². The number of hydrogen-bond acceptors (Lipinski definition) is 2. The van der Waals surface area contributed by atoms with Gasteiger partial charge in [0.1, 0.15) is 0 Å². The van der Waals surface area contributed by atoms with Gasteiger partial charge in [0.15, 0.2) is 0 Å². The topological polar surface area (TPSA) is 15.3 Å². The molecule has 1 rings (SSSR count). The smallest absolute Gasteiger partial charge is 0.0450 e. The number of benzene rings is 1. The molecule has 2 nitrogen and oxygen atoms in total. The molecule has 0 amide bonds. The first-order chi connectivity index (χ1) is 7.09. The highest BCUT2D eigenvalue weighted by Crippen LogP contribution is 2.13. The van der Waals surface area contributed by atoms with Crippen LogP contribution in [0.2, 0.25) is 0 Å². The van der Waals surface area contributed by atoms with E-state index in [-0.39, 0.29) is 0 Å². The second-order valence-corrected chi connectivity index (χ2v) is 4.55. The third kappa shape index (κ3) is 4.45. The van der Waals surface area contributed by atoms with Crippen molar-refractivity contribution < 1.29 is 0 Å². The van der Waals surface area contributed by atoms with Crippen LogP contribution in [0.15, 0.2) is 30.3 Å². The Hall–Kier alpha value is -0.860. The molecule has 0 spiro atoms. The zero-order valence-corrected chi connectivity index (χ0v) is 10.2. The number of nitrogens with zero attached hydrogens (tertiary/aromatic N) is 1. The average molecular weight is 206 g/mol. The van der Waals surface area contributed by atoms with Crippen LogP contribution in [0.4, 0.5) is 0 Å². The lowest BCUT2D eigenvalue weighted by atomic mass is 10.1. The van der Waals surface area contributed by atoms with Gasteiger partial charge in [-0.15, -0.1) is 0 Å². The third-order valence-electron chi connectivity index (χ3n) is 2.28. The minimum atomic E-state index is 0.418. The highest BCUT2D eigenvalue weighted by atomic mass is 15.1. The Labute approximate surface area is 93.3 Å². The van der Waals surface area contributed by atoms with E-state index in [1.54, 1.807) is 0 Å². The van der Waals surface area contributed by atoms with Gasteiger partial charge in [0.25, 0.3) is 0 Å². The van der Waals surface area contributed by atoms with Crippen molar-refractivity contribution in [2.24, 2.45) is 0 Å². The normalized spacial score (nSPS) is 13.5. The molecule has 1 aromatic carbocycles. The lowest BCUT2D eigenvalue weighted by molar-refractivity contribution is 0.329. The van der Waals surface area contributed by atoms with Crippen molar-refractivity contribution in [2.45, 2.75) is 25.9 Å². The van der Waals surface area contributed by atoms with Crippen molar-refractivity contribution in [3.05, 3.63) is 35.9 Å². The molecule has 2 heteroatoms. The standard InChI is InChI=1S/C13H22N2/c1-11(2)14-13(10-15(3)4)12-8-6-5-7-9-12/h5-9,11,13-14H,10H2,1-4H3. The van der Waals surface area contributed by atoms with E-state index in [0.29, 0.717) is 12.1 Å². The lowest BCUT2D eigenvalue weighted by Gasteiger charge is -2.24. The maximum absolute atomic E-state index is 3.59. The summed E-state index contributed by atoms with van der Waals surface area (Å²) in [5.41, 5.74) is 1.36. The predicted molar refractivity (Wildman–Crippen MR) is 66.0 cm³/mol. The van der Waals surface area contributed by atoms with Crippen LogP contribution in [0.25, 0.3) is 0 Å². The van der Waals surface area contributed by atoms with E-state index >= 15 is 0 Å². The molecule has 15 heavy (non-hydrogen) atoms. The fourth-order valence-electron chi connectivity index (χ4n) is 1.71. The van der Waals surface area contributed by atoms with E-state index in [4.69, 9.17) is 0 Å². The summed E-state index contributed by atoms with van der Waals surface area (Å²) in [6, 6.07) is 11.6. The second kappa shape index (κ2) is 5.89. The van der Waals surface area contributed by atoms with E-state index in [1.165, 1.54) is 5.56 Å². The molecular weight excluding hydrogens is 184 g/mol. The highest BCUT2D eigenvalue weighted by Gasteiger charge is 2.12. The molecule has 0 aliphatic heterocycles. The molecule has 0 aliphatic rings. The Morgan fingerprint density at radius 1 is 1.13 bits per heavy atom. The Balaban J connectivity index is 2.72. The molecule has 0 aliphatic carbocycles. The van der Waals surface area contributed by atoms with Crippen molar-refractivity contribution in [3.8, 4) is 0 Å². The van der Waals surface area contributed by atoms with Gasteiger partial charge in [-0.1, -0.05) is 44.2 Å². The van der Waals surface area contributed by atoms with Crippen molar-refractivity contribution in [1.29, 1.82) is 0 Å². The first-order valence-corrected chi connectivity index (χ1v) is 5.55. The minimum absolute atomic E-state index is 0.418. The molecule has 0 heterocycles. The van der Waals surface area contributed by atoms with Gasteiger partial charge in [0.05, 0.1) is 0 Å². The third-order valence-corrected chi connectivity index (χ3v) is 2.28. The van der Waals surface area contributed by atoms with Gasteiger partial charge >= 0.3 is 0 Å². The molecule has 1 aromatic rings. The minimum Gasteiger partial charge on any atom is -0.308 e. The Morgan fingerprint density at radius 2 is 1.73 bits per heavy atom. The molecule has 0 saturated carbocycles. The largest absolute Gasteiger partial charge is 0.308 e. The summed E-state index contributed by atoms with van der Waals surface area (Å²) >= 11 is 0. The number of hydrogen-bond donors (Lipinski definition) is 1. The first kappa shape index (κ1) is 12.2. The summed E-state index contributed by atoms with van der Waals surface area (Å²) in [6.45, 7) is 5.40. The average Bonchev–Trinajstić information content (AvgIpc) is 2.17. The zero-order valence-electron chi connectivity index (χ0n) is 10.2. The van der Waals surface area contributed by atoms with Crippen molar-refractivity contribution in [2.75, 3.05) is 20.6 Å². The Kier molecular flexibility index (Phi) is 4.79. The molecule has 1 N–H and O–H groups in total. The Morgan fingerprint density at radius 3 is 2.20 bits per heavy atom. The van der Waals surface area contributed by atoms with Crippen LogP contribution in [-0.2, 0) is 0 Å². The molecule has 0 radical (unpaired) electrons. The monoisotopic (exact) mass is 206 g/mol. The first-order valence-electron chi connectivity index (χ1n) is 5.55. The Bertz CT molecular complexity index is 257. The van der Waals surface area contributed by atoms with E-state index < -0.39 is 0 Å². The van der Waals surface area contributed by atoms with E-state index in [9.17, 15) is 0 Å². The van der Waals surface area contributed by atoms with Crippen LogP contribution in [0.1, 0.15) is 25.5 Å². The van der Waals surface area contributed by atoms with Gasteiger partial charge in [0, 0.05) is 18.6 Å². The number of rotatable bonds is 5. The van der Waals surface area contributed by atoms with Crippen LogP contribution in [0, 0.1) is 0 Å². The van der Waals surface area contributed by atoms with Gasteiger partial charge in [0.2, 0.25) is 0 Å². The van der Waals surface area contributed by atoms with Gasteiger partial charge in [-0.2, -0.15) is 0 Å². The van der Waals surface area contributed by atoms with E-state index in [1.807, 2.05) is 0 Å². The van der Waals surface area contributed by atoms with Gasteiger partial charge < -0.3 is 10.2 Å². The van der Waals surface area contributed by atoms with E-state index in [0.717, 1.165) is 6.54 Å². The van der Waals surface area contributed by atoms with Crippen molar-refractivity contribution in [1.82, 2.24) is 10.2 Å². The van der Waals surface area contributed by atoms with Gasteiger partial charge in [-0.25, -0.2) is 0 Å². The zero-order chi connectivity index (χ0) is 11.3. The summed E-state index contributed by atoms with van der Waals surface area (Å²) in [4.78, 5) is 2.22. The summed E-state index contributed by atoms with van der Waals surface area (Å²) < 4.78 is 0. The second-order valence-electron chi connectivity index (χ2n) is 4.55. The summed E-state index contributed by atoms with van der Waals surface area (Å²) in [5.74, 6) is 0. The van der Waals surface area contributed by atoms with Crippen molar-refractivity contribution >= 4 is 0 Å². The predicted octanol–water partition coefficient (Wildman–Crippen LogP) is 2.29. The summed E-state index contributed by atoms with van der Waals surface area (Å²) in [7, 11) is 4.22. The lowest BCUT2D eigenvalue weighted by Crippen LogP contribution is -2.35. The molecule has 1 unspecified atom stereocenters. The molecule has 0 bridgehead atoms. The van der Waals surface area contributed by atoms with Crippen LogP contribution >= 0.6 is 0 Å². The highest BCUT2D eigenvalue weighted by molar-refractivity contribution is 5.19. The molecule has 1 atom stereocenters. The maximum Gasteiger partial charge on any atom is 0.0450 e. The number of nitrogens with one attached hydrogen (secondary N) is 1. The fraction of sp³-hybridized carbons (Fsp3) is 0.538. The number of likely N-dealkylation sites (N-methyl/N-ethyl adjacent to an activating group) is 1. The molecule has 0 fully saturated rings. The summed E-state index contributed by atoms with van der Waals surface area (Å²) in [6.07, 6.45) is 0. The molecule has 0 saturated heterocycles. The van der Waals surface area contributed by atoms with Crippen LogP contribution in [-0.4, -0.2) is 31.6 Å². The molecule has 0 aromatic heterocycles. The van der Waals surface area contributed by atoms with Gasteiger partial charge in [-0.3, -0.25) is 0 Å². The maximum atomic E-state index is 3.59. The SMILES string of the molecule is CC(C)NC(CN(C)C)c1ccccc1. The van der Waals surface area contributed by atoms with Crippen LogP contribution in [0.3, 0.4) is 0 Å². The van der Waals surface area contributed by atoms with Crippen LogP contribution < -0.4 is 5.32 Å². The summed E-state index contributed by atoms with van der Waals surface area (Å²) in [5, 5.41) is 3.59. The van der Waals surface area contributed by atoms with Gasteiger partial charge in [-0.05, 0) is 19.7 Å². The fourth-order valence-corrected chi connectivity index (χ4v) is 1.71. The van der Waals surface area contributed by atoms with Crippen LogP contribution in [0.5, 0.6) is 0 Å². The molecular formula is C13H22N2. The quantitative estimate of drug-likeness (QED) is 0.795. The molecule has 84 valence electrons.